The number of hydrogen-bond acceptors (Lipinski definition) is 5. The summed E-state index contributed by atoms with van der Waals surface area (Å²) in [7, 11) is 0. The number of halogens is 1. The standard InChI is InChI=1S/C13H8FN3O3/c14-8-5-7(6-15)1-4-11(8)20-12-9(16)2-3-10(17-12)13(18)19/h1-5H,16H2,(H,18,19). The van der Waals surface area contributed by atoms with Crippen molar-refractivity contribution in [2.45, 2.75) is 0 Å². The molecule has 0 amide bonds. The molecule has 0 bridgehead atoms. The van der Waals surface area contributed by atoms with E-state index in [1.165, 1.54) is 24.3 Å². The second kappa shape index (κ2) is 5.24. The molecule has 0 fully saturated rings. The maximum atomic E-state index is 13.7. The van der Waals surface area contributed by atoms with Gasteiger partial charge in [-0.3, -0.25) is 0 Å². The van der Waals surface area contributed by atoms with Crippen molar-refractivity contribution in [3.05, 3.63) is 47.4 Å². The lowest BCUT2D eigenvalue weighted by atomic mass is 10.2. The third-order valence-electron chi connectivity index (χ3n) is 2.38. The van der Waals surface area contributed by atoms with Crippen LogP contribution in [0.4, 0.5) is 10.1 Å². The van der Waals surface area contributed by atoms with Crippen LogP contribution in [0.3, 0.4) is 0 Å². The molecule has 0 unspecified atom stereocenters. The zero-order chi connectivity index (χ0) is 14.7. The van der Waals surface area contributed by atoms with Crippen molar-refractivity contribution in [1.29, 1.82) is 5.26 Å². The fourth-order valence-corrected chi connectivity index (χ4v) is 1.41. The third-order valence-corrected chi connectivity index (χ3v) is 2.38. The maximum absolute atomic E-state index is 13.7. The van der Waals surface area contributed by atoms with E-state index in [1.54, 1.807) is 6.07 Å². The van der Waals surface area contributed by atoms with E-state index in [1.807, 2.05) is 0 Å². The predicted molar refractivity (Wildman–Crippen MR) is 66.8 cm³/mol. The molecule has 20 heavy (non-hydrogen) atoms. The van der Waals surface area contributed by atoms with Crippen molar-refractivity contribution < 1.29 is 19.0 Å². The first-order valence-electron chi connectivity index (χ1n) is 5.38. The second-order valence-corrected chi connectivity index (χ2v) is 3.76. The average Bonchev–Trinajstić information content (AvgIpc) is 2.42. The summed E-state index contributed by atoms with van der Waals surface area (Å²) in [6.45, 7) is 0. The van der Waals surface area contributed by atoms with E-state index in [0.29, 0.717) is 0 Å². The number of hydrogen-bond donors (Lipinski definition) is 2. The van der Waals surface area contributed by atoms with Crippen LogP contribution in [-0.2, 0) is 0 Å². The summed E-state index contributed by atoms with van der Waals surface area (Å²) in [5.41, 5.74) is 5.52. The first-order chi connectivity index (χ1) is 9.51. The Morgan fingerprint density at radius 1 is 1.40 bits per heavy atom. The highest BCUT2D eigenvalue weighted by molar-refractivity contribution is 5.86. The summed E-state index contributed by atoms with van der Waals surface area (Å²) < 4.78 is 18.8. The van der Waals surface area contributed by atoms with Gasteiger partial charge in [0.15, 0.2) is 17.3 Å². The zero-order valence-corrected chi connectivity index (χ0v) is 10.0. The Morgan fingerprint density at radius 3 is 2.75 bits per heavy atom. The molecular formula is C13H8FN3O3. The van der Waals surface area contributed by atoms with E-state index >= 15 is 0 Å². The molecule has 1 heterocycles. The first kappa shape index (κ1) is 13.3. The van der Waals surface area contributed by atoms with Crippen LogP contribution in [-0.4, -0.2) is 16.1 Å². The van der Waals surface area contributed by atoms with E-state index < -0.39 is 11.8 Å². The van der Waals surface area contributed by atoms with Gasteiger partial charge in [0.2, 0.25) is 5.88 Å². The number of nitrogens with two attached hydrogens (primary N) is 1. The van der Waals surface area contributed by atoms with Gasteiger partial charge in [-0.15, -0.1) is 0 Å². The normalized spacial score (nSPS) is 9.80. The Bertz CT molecular complexity index is 725. The topological polar surface area (TPSA) is 109 Å². The number of nitrogen functional groups attached to an aromatic ring is 1. The number of nitrogens with zero attached hydrogens (tertiary/aromatic N) is 2. The summed E-state index contributed by atoms with van der Waals surface area (Å²) in [4.78, 5) is 14.5. The number of pyridine rings is 1. The Morgan fingerprint density at radius 2 is 2.15 bits per heavy atom. The van der Waals surface area contributed by atoms with Crippen molar-refractivity contribution in [2.24, 2.45) is 0 Å². The van der Waals surface area contributed by atoms with Crippen LogP contribution in [0.25, 0.3) is 0 Å². The number of benzene rings is 1. The molecule has 100 valence electrons. The largest absolute Gasteiger partial charge is 0.477 e. The van der Waals surface area contributed by atoms with Gasteiger partial charge in [-0.25, -0.2) is 14.2 Å². The fraction of sp³-hybridized carbons (Fsp3) is 0. The molecule has 0 aliphatic heterocycles. The summed E-state index contributed by atoms with van der Waals surface area (Å²) >= 11 is 0. The molecule has 6 nitrogen and oxygen atoms in total. The van der Waals surface area contributed by atoms with E-state index in [4.69, 9.17) is 20.8 Å². The fourth-order valence-electron chi connectivity index (χ4n) is 1.41. The van der Waals surface area contributed by atoms with E-state index in [9.17, 15) is 9.18 Å². The smallest absolute Gasteiger partial charge is 0.354 e. The minimum atomic E-state index is -1.25. The van der Waals surface area contributed by atoms with Gasteiger partial charge in [0.25, 0.3) is 0 Å². The molecule has 0 radical (unpaired) electrons. The van der Waals surface area contributed by atoms with E-state index in [0.717, 1.165) is 6.07 Å². The lowest BCUT2D eigenvalue weighted by Gasteiger charge is -2.08. The van der Waals surface area contributed by atoms with Crippen LogP contribution in [0.5, 0.6) is 11.6 Å². The molecule has 0 saturated heterocycles. The number of rotatable bonds is 3. The van der Waals surface area contributed by atoms with Gasteiger partial charge < -0.3 is 15.6 Å². The van der Waals surface area contributed by atoms with Crippen molar-refractivity contribution in [3.8, 4) is 17.7 Å². The van der Waals surface area contributed by atoms with Gasteiger partial charge >= 0.3 is 5.97 Å². The average molecular weight is 273 g/mol. The molecule has 0 saturated carbocycles. The van der Waals surface area contributed by atoms with Gasteiger partial charge in [-0.2, -0.15) is 5.26 Å². The molecule has 7 heteroatoms. The number of ether oxygens (including phenoxy) is 1. The van der Waals surface area contributed by atoms with Crippen LogP contribution in [0.15, 0.2) is 30.3 Å². The molecule has 0 aliphatic carbocycles. The maximum Gasteiger partial charge on any atom is 0.354 e. The Hall–Kier alpha value is -3.14. The number of carboxylic acids is 1. The highest BCUT2D eigenvalue weighted by Gasteiger charge is 2.13. The van der Waals surface area contributed by atoms with Crippen LogP contribution >= 0.6 is 0 Å². The van der Waals surface area contributed by atoms with Gasteiger partial charge in [0.1, 0.15) is 0 Å². The van der Waals surface area contributed by atoms with Crippen LogP contribution in [0.1, 0.15) is 16.1 Å². The first-order valence-corrected chi connectivity index (χ1v) is 5.38. The van der Waals surface area contributed by atoms with Crippen molar-refractivity contribution in [2.75, 3.05) is 5.73 Å². The molecule has 3 N–H and O–H groups in total. The summed E-state index contributed by atoms with van der Waals surface area (Å²) in [6, 6.07) is 7.88. The second-order valence-electron chi connectivity index (χ2n) is 3.76. The van der Waals surface area contributed by atoms with Crippen molar-refractivity contribution in [3.63, 3.8) is 0 Å². The van der Waals surface area contributed by atoms with E-state index in [2.05, 4.69) is 4.98 Å². The third kappa shape index (κ3) is 2.64. The van der Waals surface area contributed by atoms with Crippen molar-refractivity contribution in [1.82, 2.24) is 4.98 Å². The van der Waals surface area contributed by atoms with Gasteiger partial charge in [-0.05, 0) is 30.3 Å². The minimum Gasteiger partial charge on any atom is -0.477 e. The van der Waals surface area contributed by atoms with Gasteiger partial charge in [0, 0.05) is 0 Å². The molecule has 0 atom stereocenters. The minimum absolute atomic E-state index is 0.0683. The lowest BCUT2D eigenvalue weighted by molar-refractivity contribution is 0.0689. The summed E-state index contributed by atoms with van der Waals surface area (Å²) in [6.07, 6.45) is 0. The number of aromatic nitrogens is 1. The van der Waals surface area contributed by atoms with Gasteiger partial charge in [-0.1, -0.05) is 0 Å². The number of nitriles is 1. The van der Waals surface area contributed by atoms with Crippen LogP contribution in [0, 0.1) is 17.1 Å². The molecule has 0 aliphatic rings. The number of anilines is 1. The Kier molecular flexibility index (Phi) is 3.48. The number of aromatic carboxylic acids is 1. The van der Waals surface area contributed by atoms with Crippen molar-refractivity contribution >= 4 is 11.7 Å². The van der Waals surface area contributed by atoms with E-state index in [-0.39, 0.29) is 28.6 Å². The molecule has 1 aromatic heterocycles. The number of carbonyl (C=O) groups is 1. The quantitative estimate of drug-likeness (QED) is 0.886. The molecule has 0 spiro atoms. The molecular weight excluding hydrogens is 265 g/mol. The summed E-state index contributed by atoms with van der Waals surface area (Å²) in [5.74, 6) is -2.44. The van der Waals surface area contributed by atoms with Crippen LogP contribution in [0.2, 0.25) is 0 Å². The molecule has 2 aromatic rings. The SMILES string of the molecule is N#Cc1ccc(Oc2nc(C(=O)O)ccc2N)c(F)c1. The van der Waals surface area contributed by atoms with Gasteiger partial charge in [0.05, 0.1) is 17.3 Å². The Labute approximate surface area is 112 Å². The summed E-state index contributed by atoms with van der Waals surface area (Å²) in [5, 5.41) is 17.4. The monoisotopic (exact) mass is 273 g/mol. The number of carboxylic acid groups (broad SMARTS) is 1. The predicted octanol–water partition coefficient (Wildman–Crippen LogP) is 2.17. The Balaban J connectivity index is 2.37. The highest BCUT2D eigenvalue weighted by Crippen LogP contribution is 2.28. The van der Waals surface area contributed by atoms with Crippen LogP contribution < -0.4 is 10.5 Å². The molecule has 2 rings (SSSR count). The molecule has 1 aromatic carbocycles. The highest BCUT2D eigenvalue weighted by atomic mass is 19.1. The zero-order valence-electron chi connectivity index (χ0n) is 10.0. The lowest BCUT2D eigenvalue weighted by Crippen LogP contribution is -2.04.